The lowest BCUT2D eigenvalue weighted by atomic mass is 9.92. The average molecular weight is 759 g/mol. The highest BCUT2D eigenvalue weighted by atomic mass is 16.6. The molecule has 53 heavy (non-hydrogen) atoms. The largest absolute Gasteiger partial charge is 0.478 e. The van der Waals surface area contributed by atoms with Gasteiger partial charge in [-0.15, -0.1) is 0 Å². The van der Waals surface area contributed by atoms with Crippen LogP contribution in [0, 0.1) is 0 Å². The highest BCUT2D eigenvalue weighted by Gasteiger charge is 2.47. The average Bonchev–Trinajstić information content (AvgIpc) is 2.98. The van der Waals surface area contributed by atoms with Crippen LogP contribution in [0.25, 0.3) is 0 Å². The summed E-state index contributed by atoms with van der Waals surface area (Å²) in [7, 11) is 1.09. The third-order valence-electron chi connectivity index (χ3n) is 6.44. The van der Waals surface area contributed by atoms with Crippen molar-refractivity contribution in [2.45, 2.75) is 130 Å². The van der Waals surface area contributed by atoms with Gasteiger partial charge in [-0.2, -0.15) is 0 Å². The topological polar surface area (TPSA) is 242 Å². The molecule has 0 saturated carbocycles. The number of carbonyl (C=O) groups is 7. The Labute approximate surface area is 309 Å². The van der Waals surface area contributed by atoms with E-state index in [2.05, 4.69) is 20.9 Å². The zero-order chi connectivity index (χ0) is 40.5. The van der Waals surface area contributed by atoms with Gasteiger partial charge >= 0.3 is 36.1 Å². The fourth-order valence-electron chi connectivity index (χ4n) is 4.60. The zero-order valence-electron chi connectivity index (χ0n) is 32.3. The SMILES string of the molecule is COC(=O)C1=C[C@H](N=C(NC(=O)OC(C)(C)C)NC(=O)OC(C)(C)C)[C@@H](NC(C)=O)[C@H]([C@H](OCCCCCOC(C)=O)[C@@H](COC(C)=O)OC(C)=O)O1. The van der Waals surface area contributed by atoms with Crippen molar-refractivity contribution >= 4 is 47.9 Å². The molecule has 0 saturated heterocycles. The van der Waals surface area contributed by atoms with Gasteiger partial charge in [-0.3, -0.25) is 29.8 Å². The summed E-state index contributed by atoms with van der Waals surface area (Å²) < 4.78 is 43.5. The first-order chi connectivity index (χ1) is 24.5. The van der Waals surface area contributed by atoms with Gasteiger partial charge in [0.25, 0.3) is 0 Å². The summed E-state index contributed by atoms with van der Waals surface area (Å²) in [6, 6.07) is -2.62. The van der Waals surface area contributed by atoms with Gasteiger partial charge in [0.1, 0.15) is 23.9 Å². The molecule has 1 aliphatic heterocycles. The number of unbranched alkanes of at least 4 members (excludes halogenated alkanes) is 2. The summed E-state index contributed by atoms with van der Waals surface area (Å²) in [6.07, 6.45) is -3.57. The Morgan fingerprint density at radius 1 is 0.792 bits per heavy atom. The monoisotopic (exact) mass is 758 g/mol. The van der Waals surface area contributed by atoms with Gasteiger partial charge in [0.15, 0.2) is 12.2 Å². The summed E-state index contributed by atoms with van der Waals surface area (Å²) in [5.41, 5.74) is -1.92. The summed E-state index contributed by atoms with van der Waals surface area (Å²) in [4.78, 5) is 91.1. The first kappa shape index (κ1) is 46.1. The molecular weight excluding hydrogens is 704 g/mol. The molecule has 0 aromatic rings. The van der Waals surface area contributed by atoms with Crippen molar-refractivity contribution in [1.29, 1.82) is 0 Å². The predicted molar refractivity (Wildman–Crippen MR) is 185 cm³/mol. The zero-order valence-corrected chi connectivity index (χ0v) is 32.3. The molecule has 0 fully saturated rings. The Bertz CT molecular complexity index is 1330. The Hall–Kier alpha value is -4.94. The van der Waals surface area contributed by atoms with Crippen LogP contribution >= 0.6 is 0 Å². The Morgan fingerprint density at radius 2 is 1.34 bits per heavy atom. The second-order valence-electron chi connectivity index (χ2n) is 13.7. The normalized spacial score (nSPS) is 17.9. The summed E-state index contributed by atoms with van der Waals surface area (Å²) in [6.45, 7) is 14.1. The van der Waals surface area contributed by atoms with Gasteiger partial charge in [-0.05, 0) is 66.9 Å². The van der Waals surface area contributed by atoms with E-state index in [9.17, 15) is 33.6 Å². The van der Waals surface area contributed by atoms with Crippen LogP contribution in [0.4, 0.5) is 9.59 Å². The molecule has 300 valence electrons. The summed E-state index contributed by atoms with van der Waals surface area (Å²) in [5, 5.41) is 7.40. The van der Waals surface area contributed by atoms with Crippen LogP contribution in [0.5, 0.6) is 0 Å². The molecule has 1 heterocycles. The number of aliphatic imine (C=N–C) groups is 1. The van der Waals surface area contributed by atoms with Crippen LogP contribution in [0.15, 0.2) is 16.8 Å². The minimum atomic E-state index is -1.43. The van der Waals surface area contributed by atoms with Crippen LogP contribution < -0.4 is 16.0 Å². The number of methoxy groups -OCH3 is 1. The maximum absolute atomic E-state index is 13.0. The van der Waals surface area contributed by atoms with Gasteiger partial charge < -0.3 is 43.2 Å². The number of nitrogens with one attached hydrogen (secondary N) is 3. The molecule has 19 heteroatoms. The van der Waals surface area contributed by atoms with Crippen LogP contribution in [0.3, 0.4) is 0 Å². The van der Waals surface area contributed by atoms with Crippen LogP contribution in [-0.4, -0.2) is 116 Å². The van der Waals surface area contributed by atoms with Crippen molar-refractivity contribution in [3.05, 3.63) is 11.8 Å². The molecule has 0 radical (unpaired) electrons. The summed E-state index contributed by atoms with van der Waals surface area (Å²) >= 11 is 0. The van der Waals surface area contributed by atoms with Crippen molar-refractivity contribution in [3.8, 4) is 0 Å². The van der Waals surface area contributed by atoms with Crippen molar-refractivity contribution in [2.24, 2.45) is 4.99 Å². The van der Waals surface area contributed by atoms with Gasteiger partial charge in [0.2, 0.25) is 17.6 Å². The molecule has 3 N–H and O–H groups in total. The van der Waals surface area contributed by atoms with E-state index >= 15 is 0 Å². The molecule has 0 unspecified atom stereocenters. The predicted octanol–water partition coefficient (Wildman–Crippen LogP) is 2.33. The van der Waals surface area contributed by atoms with E-state index in [-0.39, 0.29) is 13.2 Å². The maximum atomic E-state index is 13.0. The lowest BCUT2D eigenvalue weighted by Gasteiger charge is -2.41. The van der Waals surface area contributed by atoms with Crippen molar-refractivity contribution in [2.75, 3.05) is 26.9 Å². The number of esters is 4. The lowest BCUT2D eigenvalue weighted by Crippen LogP contribution is -2.61. The smallest absolute Gasteiger partial charge is 0.414 e. The second kappa shape index (κ2) is 21.6. The molecule has 3 amide bonds. The van der Waals surface area contributed by atoms with E-state index < -0.39 is 102 Å². The first-order valence-electron chi connectivity index (χ1n) is 16.9. The third kappa shape index (κ3) is 19.5. The highest BCUT2D eigenvalue weighted by Crippen LogP contribution is 2.28. The molecule has 0 aromatic heterocycles. The van der Waals surface area contributed by atoms with Crippen LogP contribution in [0.1, 0.15) is 88.5 Å². The first-order valence-corrected chi connectivity index (χ1v) is 16.9. The number of alkyl carbamates (subject to hydrolysis) is 2. The number of hydrogen-bond donors (Lipinski definition) is 3. The Balaban J connectivity index is 3.86. The van der Waals surface area contributed by atoms with E-state index in [1.165, 1.54) is 19.9 Å². The maximum Gasteiger partial charge on any atom is 0.414 e. The minimum absolute atomic E-state index is 0.00786. The number of hydrogen-bond acceptors (Lipinski definition) is 16. The molecule has 1 aliphatic rings. The van der Waals surface area contributed by atoms with Crippen LogP contribution in [0.2, 0.25) is 0 Å². The Morgan fingerprint density at radius 3 is 1.81 bits per heavy atom. The van der Waals surface area contributed by atoms with E-state index in [0.29, 0.717) is 19.3 Å². The summed E-state index contributed by atoms with van der Waals surface area (Å²) in [5.74, 6) is -4.43. The number of guanidine groups is 1. The molecular formula is C34H54N4O15. The van der Waals surface area contributed by atoms with Crippen LogP contribution in [-0.2, 0) is 61.9 Å². The fourth-order valence-corrected chi connectivity index (χ4v) is 4.60. The second-order valence-corrected chi connectivity index (χ2v) is 13.7. The number of nitrogens with zero attached hydrogens (tertiary/aromatic N) is 1. The fraction of sp³-hybridized carbons (Fsp3) is 0.706. The van der Waals surface area contributed by atoms with Gasteiger partial charge in [-0.1, -0.05) is 0 Å². The number of amides is 3. The number of rotatable bonds is 15. The van der Waals surface area contributed by atoms with Gasteiger partial charge in [0, 0.05) is 34.3 Å². The molecule has 0 spiro atoms. The molecule has 5 atom stereocenters. The van der Waals surface area contributed by atoms with Gasteiger partial charge in [0.05, 0.1) is 25.8 Å². The molecule has 1 rings (SSSR count). The molecule has 0 bridgehead atoms. The van der Waals surface area contributed by atoms with E-state index in [4.69, 9.17) is 37.9 Å². The quantitative estimate of drug-likeness (QED) is 0.0714. The number of carbonyl (C=O) groups excluding carboxylic acids is 7. The standard InChI is InChI=1S/C34H54N4O15/c1-19(39)35-26-23(36-30(37-31(44)52-33(5,6)7)38-32(45)53-34(8,9)10)17-24(29(43)46-11)51-28(26)27(25(50-22(4)42)18-49-21(3)41)48-16-14-12-13-15-47-20(2)40/h17,23,25-28H,12-16,18H2,1-11H3,(H,35,39)(H2,36,37,38,44,45)/t23-,25+,26+,27+,28+/m0/s1. The third-order valence-corrected chi connectivity index (χ3v) is 6.44. The van der Waals surface area contributed by atoms with Crippen molar-refractivity contribution in [3.63, 3.8) is 0 Å². The van der Waals surface area contributed by atoms with E-state index in [0.717, 1.165) is 21.0 Å². The minimum Gasteiger partial charge on any atom is -0.478 e. The van der Waals surface area contributed by atoms with E-state index in [1.807, 2.05) is 0 Å². The lowest BCUT2D eigenvalue weighted by molar-refractivity contribution is -0.182. The molecule has 0 aromatic carbocycles. The number of ether oxygens (including phenoxy) is 8. The van der Waals surface area contributed by atoms with E-state index in [1.54, 1.807) is 41.5 Å². The van der Waals surface area contributed by atoms with Crippen molar-refractivity contribution in [1.82, 2.24) is 16.0 Å². The van der Waals surface area contributed by atoms with Gasteiger partial charge in [-0.25, -0.2) is 19.4 Å². The van der Waals surface area contributed by atoms with Crippen molar-refractivity contribution < 1.29 is 71.5 Å². The highest BCUT2D eigenvalue weighted by molar-refractivity contribution is 6.01. The molecule has 19 nitrogen and oxygen atoms in total. The molecule has 0 aliphatic carbocycles. The Kier molecular flexibility index (Phi) is 18.7.